The topological polar surface area (TPSA) is 94.4 Å². The molecule has 1 aliphatic heterocycles. The van der Waals surface area contributed by atoms with E-state index in [1.165, 1.54) is 27.9 Å². The molecule has 1 fully saturated rings. The molecular formula is C32H30BrN5O4. The molecule has 3 aromatic heterocycles. The highest BCUT2D eigenvalue weighted by molar-refractivity contribution is 9.10. The quantitative estimate of drug-likeness (QED) is 0.271. The summed E-state index contributed by atoms with van der Waals surface area (Å²) < 4.78 is 17.2. The van der Waals surface area contributed by atoms with Crippen molar-refractivity contribution in [1.82, 2.24) is 24.2 Å². The average molecular weight is 629 g/mol. The van der Waals surface area contributed by atoms with Gasteiger partial charge >= 0.3 is 5.97 Å². The fraction of sp³-hybridized carbons (Fsp3) is 0.281. The van der Waals surface area contributed by atoms with Crippen molar-refractivity contribution in [3.63, 3.8) is 0 Å². The van der Waals surface area contributed by atoms with Gasteiger partial charge < -0.3 is 14.0 Å². The standard InChI is InChI=1S/C32H30BrN5O4/c1-36-18-22-12-27-32(25-9-6-10-26(36)30(22)25,42-28-13-29(39)38(35-28)24-7-4-3-5-8-24)14-20(17-37(27)2)19-41-31(40)21-11-23(33)16-34-15-21/h3-11,13,15-16,18,20,27,35H,12,14,17,19H2,1-2H3. The molecule has 3 unspecified atom stereocenters. The first-order chi connectivity index (χ1) is 20.3. The first-order valence-corrected chi connectivity index (χ1v) is 14.7. The van der Waals surface area contributed by atoms with Crippen LogP contribution in [0, 0.1) is 5.92 Å². The predicted molar refractivity (Wildman–Crippen MR) is 162 cm³/mol. The molecule has 4 heterocycles. The van der Waals surface area contributed by atoms with E-state index in [9.17, 15) is 9.59 Å². The van der Waals surface area contributed by atoms with Crippen LogP contribution in [0.5, 0.6) is 5.88 Å². The minimum atomic E-state index is -0.791. The zero-order valence-electron chi connectivity index (χ0n) is 23.3. The number of hydrogen-bond donors (Lipinski definition) is 1. The zero-order chi connectivity index (χ0) is 29.0. The number of carbonyl (C=O) groups excluding carboxylic acids is 1. The van der Waals surface area contributed by atoms with E-state index in [1.54, 1.807) is 12.3 Å². The van der Waals surface area contributed by atoms with Gasteiger partial charge in [-0.15, -0.1) is 0 Å². The summed E-state index contributed by atoms with van der Waals surface area (Å²) in [4.78, 5) is 32.4. The summed E-state index contributed by atoms with van der Waals surface area (Å²) in [5.74, 6) is -0.0286. The van der Waals surface area contributed by atoms with E-state index in [2.05, 4.69) is 74.0 Å². The van der Waals surface area contributed by atoms with Gasteiger partial charge in [0.2, 0.25) is 5.88 Å². The number of fused-ring (bicyclic) bond motifs is 2. The molecular weight excluding hydrogens is 598 g/mol. The molecule has 3 atom stereocenters. The van der Waals surface area contributed by atoms with E-state index >= 15 is 0 Å². The van der Waals surface area contributed by atoms with E-state index < -0.39 is 11.6 Å². The molecule has 0 radical (unpaired) electrons. The summed E-state index contributed by atoms with van der Waals surface area (Å²) in [5, 5.41) is 4.39. The van der Waals surface area contributed by atoms with Crippen LogP contribution >= 0.6 is 15.9 Å². The molecule has 7 rings (SSSR count). The number of aryl methyl sites for hydroxylation is 1. The number of H-pyrrole nitrogens is 1. The third-order valence-corrected chi connectivity index (χ3v) is 9.00. The van der Waals surface area contributed by atoms with Gasteiger partial charge in [0.1, 0.15) is 0 Å². The maximum Gasteiger partial charge on any atom is 0.339 e. The molecule has 0 amide bonds. The number of piperidine rings is 1. The Labute approximate surface area is 250 Å². The third-order valence-electron chi connectivity index (χ3n) is 8.56. The molecule has 5 aromatic rings. The van der Waals surface area contributed by atoms with E-state index in [-0.39, 0.29) is 24.1 Å². The fourth-order valence-electron chi connectivity index (χ4n) is 6.85. The Morgan fingerprint density at radius 1 is 1.12 bits per heavy atom. The zero-order valence-corrected chi connectivity index (χ0v) is 24.9. The van der Waals surface area contributed by atoms with Crippen molar-refractivity contribution < 1.29 is 14.3 Å². The maximum absolute atomic E-state index is 13.1. The molecule has 1 N–H and O–H groups in total. The van der Waals surface area contributed by atoms with Crippen LogP contribution in [-0.2, 0) is 23.8 Å². The number of benzene rings is 2. The molecule has 0 saturated carbocycles. The molecule has 1 aliphatic carbocycles. The molecule has 10 heteroatoms. The van der Waals surface area contributed by atoms with Crippen molar-refractivity contribution in [1.29, 1.82) is 0 Å². The largest absolute Gasteiger partial charge is 0.465 e. The number of para-hydroxylation sites is 1. The molecule has 1 saturated heterocycles. The number of likely N-dealkylation sites (N-methyl/N-ethyl adjacent to an activating group) is 1. The Hall–Kier alpha value is -4.15. The Morgan fingerprint density at radius 2 is 1.95 bits per heavy atom. The van der Waals surface area contributed by atoms with Crippen molar-refractivity contribution in [2.24, 2.45) is 13.0 Å². The highest BCUT2D eigenvalue weighted by Gasteiger charge is 2.54. The second kappa shape index (κ2) is 10.3. The van der Waals surface area contributed by atoms with Crippen molar-refractivity contribution in [3.8, 4) is 11.6 Å². The number of carbonyl (C=O) groups is 1. The number of nitrogens with zero attached hydrogens (tertiary/aromatic N) is 4. The first-order valence-electron chi connectivity index (χ1n) is 13.9. The predicted octanol–water partition coefficient (Wildman–Crippen LogP) is 4.82. The van der Waals surface area contributed by atoms with Gasteiger partial charge in [-0.25, -0.2) is 9.48 Å². The number of aromatic nitrogens is 4. The average Bonchev–Trinajstić information content (AvgIpc) is 3.52. The van der Waals surface area contributed by atoms with Crippen LogP contribution in [0.25, 0.3) is 16.6 Å². The van der Waals surface area contributed by atoms with Crippen LogP contribution in [0.2, 0.25) is 0 Å². The Balaban J connectivity index is 1.28. The number of nitrogens with one attached hydrogen (secondary N) is 1. The summed E-state index contributed by atoms with van der Waals surface area (Å²) in [6, 6.07) is 19.0. The Kier molecular flexibility index (Phi) is 6.55. The van der Waals surface area contributed by atoms with E-state index in [0.29, 0.717) is 17.9 Å². The Bertz CT molecular complexity index is 1860. The van der Waals surface area contributed by atoms with Crippen LogP contribution in [0.1, 0.15) is 27.9 Å². The lowest BCUT2D eigenvalue weighted by atomic mass is 9.68. The highest BCUT2D eigenvalue weighted by Crippen LogP contribution is 2.50. The van der Waals surface area contributed by atoms with Gasteiger partial charge in [-0.05, 0) is 59.2 Å². The number of rotatable bonds is 6. The number of ether oxygens (including phenoxy) is 2. The molecule has 2 aliphatic rings. The second-order valence-electron chi connectivity index (χ2n) is 11.3. The van der Waals surface area contributed by atoms with Gasteiger partial charge in [0.15, 0.2) is 5.60 Å². The molecule has 42 heavy (non-hydrogen) atoms. The number of hydrogen-bond acceptors (Lipinski definition) is 6. The third kappa shape index (κ3) is 4.46. The lowest BCUT2D eigenvalue weighted by Crippen LogP contribution is -2.61. The van der Waals surface area contributed by atoms with Crippen LogP contribution in [-0.4, -0.2) is 56.4 Å². The molecule has 214 valence electrons. The molecule has 9 nitrogen and oxygen atoms in total. The van der Waals surface area contributed by atoms with Gasteiger partial charge in [-0.1, -0.05) is 30.3 Å². The van der Waals surface area contributed by atoms with E-state index in [1.807, 2.05) is 30.3 Å². The number of halogens is 1. The summed E-state index contributed by atoms with van der Waals surface area (Å²) in [6.45, 7) is 0.964. The van der Waals surface area contributed by atoms with Crippen LogP contribution in [0.3, 0.4) is 0 Å². The number of pyridine rings is 1. The fourth-order valence-corrected chi connectivity index (χ4v) is 7.22. The van der Waals surface area contributed by atoms with E-state index in [0.717, 1.165) is 34.2 Å². The van der Waals surface area contributed by atoms with Gasteiger partial charge in [0.25, 0.3) is 5.56 Å². The van der Waals surface area contributed by atoms with Gasteiger partial charge in [-0.3, -0.25) is 19.8 Å². The minimum Gasteiger partial charge on any atom is -0.465 e. The summed E-state index contributed by atoms with van der Waals surface area (Å²) >= 11 is 3.37. The maximum atomic E-state index is 13.1. The van der Waals surface area contributed by atoms with Crippen LogP contribution in [0.4, 0.5) is 0 Å². The van der Waals surface area contributed by atoms with Crippen LogP contribution in [0.15, 0.2) is 88.5 Å². The first kappa shape index (κ1) is 26.7. The number of aromatic amines is 1. The normalized spacial score (nSPS) is 21.7. The lowest BCUT2D eigenvalue weighted by Gasteiger charge is -2.53. The molecule has 0 spiro atoms. The second-order valence-corrected chi connectivity index (χ2v) is 12.2. The highest BCUT2D eigenvalue weighted by atomic mass is 79.9. The summed E-state index contributed by atoms with van der Waals surface area (Å²) in [5.41, 5.74) is 3.64. The molecule has 0 bridgehead atoms. The Morgan fingerprint density at radius 3 is 2.76 bits per heavy atom. The van der Waals surface area contributed by atoms with Gasteiger partial charge in [-0.2, -0.15) is 0 Å². The number of likely N-dealkylation sites (tertiary alicyclic amines) is 1. The van der Waals surface area contributed by atoms with Crippen molar-refractivity contribution in [2.45, 2.75) is 24.5 Å². The lowest BCUT2D eigenvalue weighted by molar-refractivity contribution is -0.0914. The monoisotopic (exact) mass is 627 g/mol. The van der Waals surface area contributed by atoms with Crippen LogP contribution < -0.4 is 10.3 Å². The smallest absolute Gasteiger partial charge is 0.339 e. The molecule has 2 aromatic carbocycles. The van der Waals surface area contributed by atoms with Gasteiger partial charge in [0, 0.05) is 65.5 Å². The van der Waals surface area contributed by atoms with Crippen molar-refractivity contribution in [3.05, 3.63) is 111 Å². The SMILES string of the molecule is CN1CC(COC(=O)c2cncc(Br)c2)CC2(Oc3cc(=O)n(-c4ccccc4)[nH]3)c3cccc4c3c(cn4C)CC12. The van der Waals surface area contributed by atoms with Gasteiger partial charge in [0.05, 0.1) is 30.0 Å². The van der Waals surface area contributed by atoms with Crippen molar-refractivity contribution >= 4 is 32.8 Å². The summed E-state index contributed by atoms with van der Waals surface area (Å²) in [6.07, 6.45) is 6.75. The van der Waals surface area contributed by atoms with Crippen molar-refractivity contribution in [2.75, 3.05) is 20.2 Å². The number of esters is 1. The minimum absolute atomic E-state index is 0.00260. The van der Waals surface area contributed by atoms with E-state index in [4.69, 9.17) is 9.47 Å². The summed E-state index contributed by atoms with van der Waals surface area (Å²) in [7, 11) is 4.17.